The smallest absolute Gasteiger partial charge is 0.431 e. The Kier molecular flexibility index (Phi) is 4.52. The molecule has 1 aliphatic rings. The van der Waals surface area contributed by atoms with Crippen molar-refractivity contribution in [3.63, 3.8) is 0 Å². The lowest BCUT2D eigenvalue weighted by Gasteiger charge is -2.19. The number of ether oxygens (including phenoxy) is 1. The Labute approximate surface area is 147 Å². The van der Waals surface area contributed by atoms with Crippen molar-refractivity contribution in [1.29, 1.82) is 0 Å². The quantitative estimate of drug-likeness (QED) is 0.875. The van der Waals surface area contributed by atoms with Crippen LogP contribution in [0.1, 0.15) is 46.6 Å². The molecule has 0 saturated heterocycles. The molecular formula is C18H17F3N2O3. The number of amides is 1. The summed E-state index contributed by atoms with van der Waals surface area (Å²) in [4.78, 5) is 26.1. The van der Waals surface area contributed by atoms with Crippen LogP contribution >= 0.6 is 0 Å². The number of aromatic amines is 1. The first-order valence-corrected chi connectivity index (χ1v) is 8.09. The summed E-state index contributed by atoms with van der Waals surface area (Å²) < 4.78 is 43.7. The Morgan fingerprint density at radius 2 is 2.00 bits per heavy atom. The van der Waals surface area contributed by atoms with Gasteiger partial charge in [-0.2, -0.15) is 13.2 Å². The van der Waals surface area contributed by atoms with Crippen LogP contribution in [-0.2, 0) is 6.18 Å². The van der Waals surface area contributed by atoms with E-state index in [1.54, 1.807) is 4.98 Å². The number of halogens is 3. The molecule has 2 N–H and O–H groups in total. The van der Waals surface area contributed by atoms with Gasteiger partial charge in [0.25, 0.3) is 11.5 Å². The van der Waals surface area contributed by atoms with Crippen LogP contribution < -0.4 is 15.6 Å². The maximum absolute atomic E-state index is 12.6. The van der Waals surface area contributed by atoms with Crippen molar-refractivity contribution in [1.82, 2.24) is 10.3 Å². The van der Waals surface area contributed by atoms with E-state index in [-0.39, 0.29) is 11.7 Å². The van der Waals surface area contributed by atoms with Crippen LogP contribution in [0.25, 0.3) is 0 Å². The Balaban J connectivity index is 1.88. The third kappa shape index (κ3) is 3.31. The normalized spacial score (nSPS) is 19.0. The maximum Gasteiger partial charge on any atom is 0.431 e. The summed E-state index contributed by atoms with van der Waals surface area (Å²) >= 11 is 0. The van der Waals surface area contributed by atoms with Crippen LogP contribution in [0.2, 0.25) is 0 Å². The number of carbonyl (C=O) groups is 1. The molecule has 0 fully saturated rings. The van der Waals surface area contributed by atoms with E-state index in [9.17, 15) is 22.8 Å². The zero-order chi connectivity index (χ0) is 19.1. The highest BCUT2D eigenvalue weighted by molar-refractivity contribution is 5.94. The standard InChI is InChI=1S/C18H17F3N2O3/c1-3-12-15(11-8-9(2)4-6-13(11)26-12)23-17(25)10-5-7-14(18(19,20)21)22-16(10)24/h4-8,12,15H,3H2,1-2H3,(H,22,24)(H,23,25). The van der Waals surface area contributed by atoms with Gasteiger partial charge < -0.3 is 15.0 Å². The number of pyridine rings is 1. The summed E-state index contributed by atoms with van der Waals surface area (Å²) in [6.07, 6.45) is -4.39. The molecule has 0 saturated carbocycles. The molecule has 1 aromatic heterocycles. The number of hydrogen-bond donors (Lipinski definition) is 2. The summed E-state index contributed by atoms with van der Waals surface area (Å²) in [5, 5.41) is 2.71. The van der Waals surface area contributed by atoms with Crippen molar-refractivity contribution < 1.29 is 22.7 Å². The second-order valence-electron chi connectivity index (χ2n) is 6.17. The van der Waals surface area contributed by atoms with Crippen molar-refractivity contribution >= 4 is 5.91 Å². The summed E-state index contributed by atoms with van der Waals surface area (Å²) in [5.74, 6) is -0.101. The van der Waals surface area contributed by atoms with Crippen LogP contribution in [0.5, 0.6) is 5.75 Å². The van der Waals surface area contributed by atoms with Crippen LogP contribution in [0.3, 0.4) is 0 Å². The van der Waals surface area contributed by atoms with Gasteiger partial charge in [-0.05, 0) is 31.5 Å². The first kappa shape index (κ1) is 18.0. The van der Waals surface area contributed by atoms with Crippen molar-refractivity contribution in [2.75, 3.05) is 0 Å². The lowest BCUT2D eigenvalue weighted by Crippen LogP contribution is -2.37. The number of fused-ring (bicyclic) bond motifs is 1. The van der Waals surface area contributed by atoms with E-state index < -0.39 is 29.4 Å². The number of H-pyrrole nitrogens is 1. The number of aromatic nitrogens is 1. The van der Waals surface area contributed by atoms with Crippen LogP contribution in [0, 0.1) is 6.92 Å². The largest absolute Gasteiger partial charge is 0.488 e. The zero-order valence-corrected chi connectivity index (χ0v) is 14.1. The highest BCUT2D eigenvalue weighted by atomic mass is 19.4. The first-order chi connectivity index (χ1) is 12.2. The predicted octanol–water partition coefficient (Wildman–Crippen LogP) is 3.34. The molecule has 0 spiro atoms. The van der Waals surface area contributed by atoms with Gasteiger partial charge in [0.15, 0.2) is 0 Å². The highest BCUT2D eigenvalue weighted by Crippen LogP contribution is 2.38. The molecule has 0 aliphatic carbocycles. The Bertz CT molecular complexity index is 905. The fourth-order valence-corrected chi connectivity index (χ4v) is 2.98. The first-order valence-electron chi connectivity index (χ1n) is 8.09. The Morgan fingerprint density at radius 3 is 2.62 bits per heavy atom. The molecule has 1 aliphatic heterocycles. The van der Waals surface area contributed by atoms with E-state index in [0.717, 1.165) is 17.2 Å². The van der Waals surface area contributed by atoms with Crippen molar-refractivity contribution in [2.24, 2.45) is 0 Å². The van der Waals surface area contributed by atoms with E-state index in [1.807, 2.05) is 32.0 Å². The summed E-state index contributed by atoms with van der Waals surface area (Å²) in [6.45, 7) is 3.80. The van der Waals surface area contributed by atoms with Crippen molar-refractivity contribution in [2.45, 2.75) is 38.6 Å². The molecule has 2 heterocycles. The topological polar surface area (TPSA) is 71.2 Å². The Hall–Kier alpha value is -2.77. The second-order valence-corrected chi connectivity index (χ2v) is 6.17. The van der Waals surface area contributed by atoms with E-state index in [4.69, 9.17) is 4.74 Å². The number of carbonyl (C=O) groups excluding carboxylic acids is 1. The number of hydrogen-bond acceptors (Lipinski definition) is 3. The fraction of sp³-hybridized carbons (Fsp3) is 0.333. The number of nitrogens with one attached hydrogen (secondary N) is 2. The van der Waals surface area contributed by atoms with E-state index in [2.05, 4.69) is 5.32 Å². The molecule has 138 valence electrons. The van der Waals surface area contributed by atoms with Gasteiger partial charge in [-0.1, -0.05) is 24.6 Å². The molecular weight excluding hydrogens is 349 g/mol. The monoisotopic (exact) mass is 366 g/mol. The molecule has 0 bridgehead atoms. The summed E-state index contributed by atoms with van der Waals surface area (Å²) in [7, 11) is 0. The van der Waals surface area contributed by atoms with Crippen molar-refractivity contribution in [3.8, 4) is 5.75 Å². The fourth-order valence-electron chi connectivity index (χ4n) is 2.98. The minimum absolute atomic E-state index is 0.315. The molecule has 3 rings (SSSR count). The average Bonchev–Trinajstić information content (AvgIpc) is 2.91. The predicted molar refractivity (Wildman–Crippen MR) is 88.2 cm³/mol. The van der Waals surface area contributed by atoms with Gasteiger partial charge in [0, 0.05) is 5.56 Å². The number of aryl methyl sites for hydroxylation is 1. The van der Waals surface area contributed by atoms with E-state index in [0.29, 0.717) is 18.2 Å². The van der Waals surface area contributed by atoms with Crippen LogP contribution in [0.4, 0.5) is 13.2 Å². The highest BCUT2D eigenvalue weighted by Gasteiger charge is 2.36. The molecule has 1 aromatic carbocycles. The maximum atomic E-state index is 12.6. The molecule has 5 nitrogen and oxygen atoms in total. The molecule has 1 amide bonds. The third-order valence-corrected chi connectivity index (χ3v) is 4.30. The van der Waals surface area contributed by atoms with Gasteiger partial charge in [0.2, 0.25) is 0 Å². The zero-order valence-electron chi connectivity index (χ0n) is 14.1. The molecule has 2 atom stereocenters. The van der Waals surface area contributed by atoms with Gasteiger partial charge in [0.1, 0.15) is 23.1 Å². The van der Waals surface area contributed by atoms with Crippen molar-refractivity contribution in [3.05, 3.63) is 63.1 Å². The van der Waals surface area contributed by atoms with Gasteiger partial charge in [-0.25, -0.2) is 0 Å². The lowest BCUT2D eigenvalue weighted by atomic mass is 10.00. The molecule has 2 aromatic rings. The summed E-state index contributed by atoms with van der Waals surface area (Å²) in [6, 6.07) is 6.65. The Morgan fingerprint density at radius 1 is 1.27 bits per heavy atom. The average molecular weight is 366 g/mol. The van der Waals surface area contributed by atoms with Crippen LogP contribution in [-0.4, -0.2) is 17.0 Å². The second kappa shape index (κ2) is 6.51. The minimum atomic E-state index is -4.68. The summed E-state index contributed by atoms with van der Waals surface area (Å²) in [5.41, 5.74) is -0.900. The molecule has 26 heavy (non-hydrogen) atoms. The third-order valence-electron chi connectivity index (χ3n) is 4.30. The van der Waals surface area contributed by atoms with Crippen LogP contribution in [0.15, 0.2) is 35.1 Å². The van der Waals surface area contributed by atoms with E-state index in [1.165, 1.54) is 0 Å². The van der Waals surface area contributed by atoms with Gasteiger partial charge >= 0.3 is 6.18 Å². The van der Waals surface area contributed by atoms with E-state index >= 15 is 0 Å². The molecule has 8 heteroatoms. The number of benzene rings is 1. The SMILES string of the molecule is CCC1Oc2ccc(C)cc2C1NC(=O)c1ccc(C(F)(F)F)[nH]c1=O. The molecule has 2 unspecified atom stereocenters. The molecule has 0 radical (unpaired) electrons. The minimum Gasteiger partial charge on any atom is -0.488 e. The van der Waals surface area contributed by atoms with Gasteiger partial charge in [-0.15, -0.1) is 0 Å². The van der Waals surface area contributed by atoms with Gasteiger partial charge in [-0.3, -0.25) is 9.59 Å². The number of rotatable bonds is 3. The number of alkyl halides is 3. The van der Waals surface area contributed by atoms with Gasteiger partial charge in [0.05, 0.1) is 6.04 Å². The lowest BCUT2D eigenvalue weighted by molar-refractivity contribution is -0.141.